The van der Waals surface area contributed by atoms with Crippen molar-refractivity contribution in [2.45, 2.75) is 20.3 Å². The van der Waals surface area contributed by atoms with Gasteiger partial charge in [0.1, 0.15) is 5.69 Å². The molecule has 1 aliphatic heterocycles. The third-order valence-electron chi connectivity index (χ3n) is 6.69. The van der Waals surface area contributed by atoms with E-state index in [9.17, 15) is 19.7 Å². The monoisotopic (exact) mass is 338 g/mol. The van der Waals surface area contributed by atoms with Crippen LogP contribution in [0.5, 0.6) is 0 Å². The highest BCUT2D eigenvalue weighted by atomic mass is 16.6. The topological polar surface area (TPSA) is 80.5 Å². The molecular formula is C19H18N2O4. The van der Waals surface area contributed by atoms with E-state index in [2.05, 4.69) is 12.2 Å². The van der Waals surface area contributed by atoms with E-state index in [1.54, 1.807) is 13.0 Å². The van der Waals surface area contributed by atoms with Crippen molar-refractivity contribution in [3.8, 4) is 0 Å². The van der Waals surface area contributed by atoms with Gasteiger partial charge >= 0.3 is 0 Å². The molecule has 6 heteroatoms. The summed E-state index contributed by atoms with van der Waals surface area (Å²) in [6.45, 7) is 3.62. The van der Waals surface area contributed by atoms with Crippen LogP contribution in [-0.4, -0.2) is 16.7 Å². The van der Waals surface area contributed by atoms with Crippen LogP contribution in [0.15, 0.2) is 24.3 Å². The van der Waals surface area contributed by atoms with Crippen LogP contribution in [-0.2, 0) is 9.59 Å². The normalized spacial score (nSPS) is 37.3. The summed E-state index contributed by atoms with van der Waals surface area (Å²) in [6.07, 6.45) is 5.30. The fraction of sp³-hybridized carbons (Fsp3) is 0.474. The van der Waals surface area contributed by atoms with Crippen molar-refractivity contribution < 1.29 is 14.5 Å². The molecule has 2 saturated carbocycles. The fourth-order valence-electron chi connectivity index (χ4n) is 5.31. The quantitative estimate of drug-likeness (QED) is 0.359. The van der Waals surface area contributed by atoms with Crippen molar-refractivity contribution in [3.63, 3.8) is 0 Å². The molecule has 4 aliphatic carbocycles. The Balaban J connectivity index is 1.63. The lowest BCUT2D eigenvalue weighted by Gasteiger charge is -2.37. The standard InChI is InChI=1S/C19H18N2O4/c1-8-5-14(15(21(24)25)6-9(8)2)20-18(22)16-10-3-4-11(13-7-12(10)13)17(16)19(20)23/h3-6,10-13,16-17H,7H2,1-2H3/t10-,11-,12-,13+,16-,17+/m0/s1. The number of aryl methyl sites for hydroxylation is 2. The Morgan fingerprint density at radius 3 is 2.04 bits per heavy atom. The Labute approximate surface area is 144 Å². The number of nitrogens with zero attached hydrogens (tertiary/aromatic N) is 2. The maximum absolute atomic E-state index is 13.1. The Bertz CT molecular complexity index is 854. The predicted molar refractivity (Wildman–Crippen MR) is 89.8 cm³/mol. The number of amides is 2. The second-order valence-corrected chi connectivity index (χ2v) is 7.85. The van der Waals surface area contributed by atoms with Gasteiger partial charge in [0.15, 0.2) is 0 Å². The molecular weight excluding hydrogens is 320 g/mol. The first-order valence-corrected chi connectivity index (χ1v) is 8.72. The van der Waals surface area contributed by atoms with E-state index in [0.29, 0.717) is 11.8 Å². The summed E-state index contributed by atoms with van der Waals surface area (Å²) < 4.78 is 0. The molecule has 25 heavy (non-hydrogen) atoms. The van der Waals surface area contributed by atoms with Gasteiger partial charge in [0.2, 0.25) is 11.8 Å². The minimum Gasteiger partial charge on any atom is -0.274 e. The molecule has 1 aromatic rings. The molecule has 0 unspecified atom stereocenters. The molecule has 0 radical (unpaired) electrons. The molecule has 5 aliphatic rings. The van der Waals surface area contributed by atoms with Crippen LogP contribution in [0.3, 0.4) is 0 Å². The van der Waals surface area contributed by atoms with Crippen LogP contribution in [0, 0.1) is 59.5 Å². The number of benzene rings is 1. The average Bonchev–Trinajstić information content (AvgIpc) is 3.34. The molecule has 6 nitrogen and oxygen atoms in total. The Hall–Kier alpha value is -2.50. The van der Waals surface area contributed by atoms with E-state index in [-0.39, 0.29) is 46.9 Å². The summed E-state index contributed by atoms with van der Waals surface area (Å²) in [5.41, 5.74) is 1.56. The Morgan fingerprint density at radius 1 is 1.00 bits per heavy atom. The van der Waals surface area contributed by atoms with E-state index in [0.717, 1.165) is 22.4 Å². The molecule has 0 N–H and O–H groups in total. The van der Waals surface area contributed by atoms with Gasteiger partial charge in [0.05, 0.1) is 16.8 Å². The highest BCUT2D eigenvalue weighted by Crippen LogP contribution is 2.65. The summed E-state index contributed by atoms with van der Waals surface area (Å²) in [5, 5.41) is 11.5. The maximum atomic E-state index is 13.1. The van der Waals surface area contributed by atoms with E-state index in [4.69, 9.17) is 0 Å². The Kier molecular flexibility index (Phi) is 2.70. The number of imide groups is 1. The van der Waals surface area contributed by atoms with Gasteiger partial charge in [-0.2, -0.15) is 0 Å². The number of allylic oxidation sites excluding steroid dienone is 2. The minimum atomic E-state index is -0.505. The molecule has 3 fully saturated rings. The van der Waals surface area contributed by atoms with Gasteiger partial charge in [-0.25, -0.2) is 4.90 Å². The van der Waals surface area contributed by atoms with Crippen molar-refractivity contribution >= 4 is 23.2 Å². The van der Waals surface area contributed by atoms with Crippen molar-refractivity contribution in [2.75, 3.05) is 4.90 Å². The molecule has 1 heterocycles. The molecule has 2 amide bonds. The van der Waals surface area contributed by atoms with Crippen molar-refractivity contribution in [2.24, 2.45) is 35.5 Å². The first kappa shape index (κ1) is 14.8. The number of carbonyl (C=O) groups excluding carboxylic acids is 2. The van der Waals surface area contributed by atoms with Crippen molar-refractivity contribution in [3.05, 3.63) is 45.5 Å². The van der Waals surface area contributed by atoms with E-state index >= 15 is 0 Å². The molecule has 6 atom stereocenters. The van der Waals surface area contributed by atoms with Crippen LogP contribution >= 0.6 is 0 Å². The zero-order valence-corrected chi connectivity index (χ0v) is 14.0. The van der Waals surface area contributed by atoms with Crippen LogP contribution in [0.1, 0.15) is 17.5 Å². The number of anilines is 1. The third kappa shape index (κ3) is 1.74. The number of carbonyl (C=O) groups is 2. The van der Waals surface area contributed by atoms with Crippen LogP contribution in [0.4, 0.5) is 11.4 Å². The predicted octanol–water partition coefficient (Wildman–Crippen LogP) is 2.77. The van der Waals surface area contributed by atoms with Gasteiger partial charge in [-0.1, -0.05) is 12.2 Å². The van der Waals surface area contributed by atoms with E-state index in [1.165, 1.54) is 6.07 Å². The first-order valence-electron chi connectivity index (χ1n) is 8.72. The lowest BCUT2D eigenvalue weighted by Crippen LogP contribution is -2.40. The number of nitro benzene ring substituents is 1. The number of nitro groups is 1. The fourth-order valence-corrected chi connectivity index (χ4v) is 5.31. The minimum absolute atomic E-state index is 0.118. The second kappa shape index (κ2) is 4.56. The van der Waals surface area contributed by atoms with Gasteiger partial charge in [0, 0.05) is 6.07 Å². The van der Waals surface area contributed by atoms with E-state index in [1.807, 2.05) is 6.92 Å². The summed E-state index contributed by atoms with van der Waals surface area (Å²) in [5.74, 6) is 0.0708. The summed E-state index contributed by atoms with van der Waals surface area (Å²) in [6, 6.07) is 3.06. The van der Waals surface area contributed by atoms with Gasteiger partial charge in [0.25, 0.3) is 5.69 Å². The number of hydrogen-bond donors (Lipinski definition) is 0. The summed E-state index contributed by atoms with van der Waals surface area (Å²) in [7, 11) is 0. The average molecular weight is 338 g/mol. The van der Waals surface area contributed by atoms with Crippen molar-refractivity contribution in [1.82, 2.24) is 0 Å². The largest absolute Gasteiger partial charge is 0.293 e. The van der Waals surface area contributed by atoms with E-state index < -0.39 is 4.92 Å². The molecule has 0 spiro atoms. The third-order valence-corrected chi connectivity index (χ3v) is 6.69. The highest BCUT2D eigenvalue weighted by Gasteiger charge is 2.67. The second-order valence-electron chi connectivity index (χ2n) is 7.85. The molecule has 0 aromatic heterocycles. The van der Waals surface area contributed by atoms with Gasteiger partial charge < -0.3 is 0 Å². The zero-order chi connectivity index (χ0) is 17.6. The summed E-state index contributed by atoms with van der Waals surface area (Å²) in [4.78, 5) is 38.4. The number of rotatable bonds is 2. The zero-order valence-electron chi connectivity index (χ0n) is 14.0. The van der Waals surface area contributed by atoms with Crippen LogP contribution in [0.25, 0.3) is 0 Å². The smallest absolute Gasteiger partial charge is 0.274 e. The van der Waals surface area contributed by atoms with Crippen LogP contribution in [0.2, 0.25) is 0 Å². The van der Waals surface area contributed by atoms with Crippen LogP contribution < -0.4 is 4.90 Å². The molecule has 2 bridgehead atoms. The SMILES string of the molecule is Cc1cc(N2C(=O)[C@@H]3[C@H]4C=C[C@@H]([C@@H]5C[C@H]45)[C@@H]3C2=O)c([N+](=O)[O-])cc1C. The van der Waals surface area contributed by atoms with Gasteiger partial charge in [-0.3, -0.25) is 19.7 Å². The van der Waals surface area contributed by atoms with Crippen molar-refractivity contribution in [1.29, 1.82) is 0 Å². The lowest BCUT2D eigenvalue weighted by atomic mass is 9.63. The highest BCUT2D eigenvalue weighted by molar-refractivity contribution is 6.23. The molecule has 128 valence electrons. The molecule has 6 rings (SSSR count). The first-order chi connectivity index (χ1) is 11.9. The van der Waals surface area contributed by atoms with Gasteiger partial charge in [-0.15, -0.1) is 0 Å². The Morgan fingerprint density at radius 2 is 1.52 bits per heavy atom. The molecule has 1 aromatic carbocycles. The summed E-state index contributed by atoms with van der Waals surface area (Å²) >= 11 is 0. The maximum Gasteiger partial charge on any atom is 0.293 e. The number of hydrogen-bond acceptors (Lipinski definition) is 4. The molecule has 1 saturated heterocycles. The van der Waals surface area contributed by atoms with Gasteiger partial charge in [-0.05, 0) is 61.1 Å². The lowest BCUT2D eigenvalue weighted by molar-refractivity contribution is -0.384.